The van der Waals surface area contributed by atoms with Crippen molar-refractivity contribution in [3.8, 4) is 34.8 Å². The second kappa shape index (κ2) is 9.00. The number of hydrogen-bond acceptors (Lipinski definition) is 6. The van der Waals surface area contributed by atoms with Crippen LogP contribution in [0.25, 0.3) is 32.9 Å². The number of rotatable bonds is 7. The highest BCUT2D eigenvalue weighted by Gasteiger charge is 2.24. The maximum atomic E-state index is 9.44. The number of ether oxygens (including phenoxy) is 1. The molecule has 0 amide bonds. The van der Waals surface area contributed by atoms with Gasteiger partial charge in [-0.15, -0.1) is 0 Å². The summed E-state index contributed by atoms with van der Waals surface area (Å²) in [6.07, 6.45) is 4.62. The third kappa shape index (κ3) is 3.58. The summed E-state index contributed by atoms with van der Waals surface area (Å²) in [5.74, 6) is 1.58. The number of nitriles is 2. The summed E-state index contributed by atoms with van der Waals surface area (Å²) >= 11 is 0. The monoisotopic (exact) mass is 447 g/mol. The van der Waals surface area contributed by atoms with Crippen molar-refractivity contribution in [2.24, 2.45) is 0 Å². The minimum Gasteiger partial charge on any atom is -0.456 e. The van der Waals surface area contributed by atoms with Crippen molar-refractivity contribution in [3.63, 3.8) is 0 Å². The minimum atomic E-state index is 0.0386. The maximum absolute atomic E-state index is 9.44. The highest BCUT2D eigenvalue weighted by molar-refractivity contribution is 6.15. The number of fused-ring (bicyclic) bond motifs is 4. The van der Waals surface area contributed by atoms with Gasteiger partial charge in [-0.1, -0.05) is 38.8 Å². The van der Waals surface area contributed by atoms with Gasteiger partial charge < -0.3 is 9.64 Å². The smallest absolute Gasteiger partial charge is 0.177 e. The Labute approximate surface area is 199 Å². The van der Waals surface area contributed by atoms with Crippen LogP contribution in [-0.2, 0) is 0 Å². The average molecular weight is 448 g/mol. The van der Waals surface area contributed by atoms with E-state index in [1.807, 2.05) is 36.4 Å². The molecule has 0 saturated heterocycles. The zero-order chi connectivity index (χ0) is 23.7. The van der Waals surface area contributed by atoms with Gasteiger partial charge in [0.15, 0.2) is 11.4 Å². The molecule has 0 radical (unpaired) electrons. The van der Waals surface area contributed by atoms with E-state index in [1.165, 1.54) is 5.69 Å². The second-order valence-electron chi connectivity index (χ2n) is 8.59. The van der Waals surface area contributed by atoms with Gasteiger partial charge in [0.2, 0.25) is 0 Å². The minimum absolute atomic E-state index is 0.0386. The molecule has 0 aliphatic carbocycles. The molecule has 0 bridgehead atoms. The van der Waals surface area contributed by atoms with Crippen LogP contribution in [0.4, 0.5) is 5.69 Å². The molecule has 0 fully saturated rings. The Bertz CT molecular complexity index is 1490. The number of benzene rings is 3. The molecule has 2 heterocycles. The molecule has 1 aliphatic rings. The summed E-state index contributed by atoms with van der Waals surface area (Å²) in [6, 6.07) is 18.2. The summed E-state index contributed by atoms with van der Waals surface area (Å²) in [5, 5.41) is 20.7. The lowest BCUT2D eigenvalue weighted by Gasteiger charge is -2.27. The Kier molecular flexibility index (Phi) is 5.74. The van der Waals surface area contributed by atoms with E-state index in [-0.39, 0.29) is 11.4 Å². The number of nitrogens with zero attached hydrogens (tertiary/aromatic N) is 5. The SMILES string of the molecule is CCCCN(CCCC)c1ccc2c(c1)Oc1cccc3c1c-2cc1nc(C#N)c(C#N)nc13. The first kappa shape index (κ1) is 21.7. The number of anilines is 1. The van der Waals surface area contributed by atoms with Crippen LogP contribution in [0, 0.1) is 22.7 Å². The first-order valence-corrected chi connectivity index (χ1v) is 11.8. The summed E-state index contributed by atoms with van der Waals surface area (Å²) < 4.78 is 6.41. The van der Waals surface area contributed by atoms with Gasteiger partial charge >= 0.3 is 0 Å². The molecular weight excluding hydrogens is 422 g/mol. The Morgan fingerprint density at radius 3 is 2.29 bits per heavy atom. The molecule has 4 aromatic rings. The molecule has 168 valence electrons. The van der Waals surface area contributed by atoms with E-state index in [2.05, 4.69) is 46.9 Å². The van der Waals surface area contributed by atoms with Crippen molar-refractivity contribution in [1.29, 1.82) is 10.5 Å². The van der Waals surface area contributed by atoms with Gasteiger partial charge in [0.05, 0.1) is 11.0 Å². The van der Waals surface area contributed by atoms with E-state index < -0.39 is 0 Å². The molecule has 0 N–H and O–H groups in total. The fourth-order valence-electron chi connectivity index (χ4n) is 4.62. The third-order valence-corrected chi connectivity index (χ3v) is 6.37. The molecule has 6 nitrogen and oxygen atoms in total. The van der Waals surface area contributed by atoms with Gasteiger partial charge in [-0.25, -0.2) is 9.97 Å². The number of hydrogen-bond donors (Lipinski definition) is 0. The van der Waals surface area contributed by atoms with E-state index >= 15 is 0 Å². The van der Waals surface area contributed by atoms with Crippen LogP contribution in [0.1, 0.15) is 50.9 Å². The van der Waals surface area contributed by atoms with Gasteiger partial charge in [-0.05, 0) is 42.7 Å². The lowest BCUT2D eigenvalue weighted by molar-refractivity contribution is 0.487. The average Bonchev–Trinajstić information content (AvgIpc) is 2.87. The van der Waals surface area contributed by atoms with Gasteiger partial charge in [0, 0.05) is 41.2 Å². The molecule has 1 aromatic heterocycles. The predicted molar refractivity (Wildman–Crippen MR) is 134 cm³/mol. The Hall–Kier alpha value is -4.16. The molecule has 0 spiro atoms. The number of aromatic nitrogens is 2. The highest BCUT2D eigenvalue weighted by Crippen LogP contribution is 2.49. The molecule has 1 aliphatic heterocycles. The molecule has 3 aromatic carbocycles. The standard InChI is InChI=1S/C28H25N5O/c1-3-5-12-33(13-6-4-2)18-10-11-19-21-15-22-28(32-24(17-30)23(16-29)31-22)20-8-7-9-25(27(20)21)34-26(19)14-18/h7-11,14-15H,3-6,12-13H2,1-2H3. The van der Waals surface area contributed by atoms with Crippen LogP contribution in [0.15, 0.2) is 42.5 Å². The lowest BCUT2D eigenvalue weighted by atomic mass is 9.93. The lowest BCUT2D eigenvalue weighted by Crippen LogP contribution is -2.25. The van der Waals surface area contributed by atoms with Crippen LogP contribution in [0.5, 0.6) is 11.5 Å². The van der Waals surface area contributed by atoms with Crippen molar-refractivity contribution in [2.75, 3.05) is 18.0 Å². The van der Waals surface area contributed by atoms with Crippen molar-refractivity contribution in [2.45, 2.75) is 39.5 Å². The summed E-state index contributed by atoms with van der Waals surface area (Å²) in [5.41, 5.74) is 4.44. The first-order valence-electron chi connectivity index (χ1n) is 11.8. The second-order valence-corrected chi connectivity index (χ2v) is 8.59. The van der Waals surface area contributed by atoms with Crippen LogP contribution >= 0.6 is 0 Å². The van der Waals surface area contributed by atoms with E-state index in [4.69, 9.17) is 4.74 Å². The van der Waals surface area contributed by atoms with Gasteiger partial charge in [0.25, 0.3) is 0 Å². The topological polar surface area (TPSA) is 85.8 Å². The largest absolute Gasteiger partial charge is 0.456 e. The van der Waals surface area contributed by atoms with Crippen molar-refractivity contribution >= 4 is 27.5 Å². The Morgan fingerprint density at radius 2 is 1.59 bits per heavy atom. The fraction of sp³-hybridized carbons (Fsp3) is 0.286. The quantitative estimate of drug-likeness (QED) is 0.258. The van der Waals surface area contributed by atoms with Gasteiger partial charge in [0.1, 0.15) is 23.6 Å². The number of unbranched alkanes of at least 4 members (excludes halogenated alkanes) is 2. The van der Waals surface area contributed by atoms with E-state index in [0.717, 1.165) is 72.2 Å². The van der Waals surface area contributed by atoms with E-state index in [1.54, 1.807) is 0 Å². The van der Waals surface area contributed by atoms with Gasteiger partial charge in [-0.3, -0.25) is 0 Å². The maximum Gasteiger partial charge on any atom is 0.177 e. The molecule has 5 rings (SSSR count). The van der Waals surface area contributed by atoms with E-state index in [9.17, 15) is 10.5 Å². The molecule has 0 saturated carbocycles. The van der Waals surface area contributed by atoms with Crippen LogP contribution < -0.4 is 9.64 Å². The van der Waals surface area contributed by atoms with Crippen LogP contribution in [-0.4, -0.2) is 23.1 Å². The zero-order valence-electron chi connectivity index (χ0n) is 19.4. The van der Waals surface area contributed by atoms with Gasteiger partial charge in [-0.2, -0.15) is 10.5 Å². The zero-order valence-corrected chi connectivity index (χ0v) is 19.4. The normalized spacial score (nSPS) is 11.5. The summed E-state index contributed by atoms with van der Waals surface area (Å²) in [6.45, 7) is 6.49. The molecule has 34 heavy (non-hydrogen) atoms. The van der Waals surface area contributed by atoms with Crippen LogP contribution in [0.3, 0.4) is 0 Å². The highest BCUT2D eigenvalue weighted by atomic mass is 16.5. The summed E-state index contributed by atoms with van der Waals surface area (Å²) in [7, 11) is 0. The Morgan fingerprint density at radius 1 is 0.853 bits per heavy atom. The molecule has 6 heteroatoms. The van der Waals surface area contributed by atoms with Crippen LogP contribution in [0.2, 0.25) is 0 Å². The third-order valence-electron chi connectivity index (χ3n) is 6.37. The summed E-state index contributed by atoms with van der Waals surface area (Å²) in [4.78, 5) is 11.4. The molecular formula is C28H25N5O. The first-order chi connectivity index (χ1) is 16.7. The van der Waals surface area contributed by atoms with Crippen molar-refractivity contribution in [1.82, 2.24) is 9.97 Å². The fourth-order valence-corrected chi connectivity index (χ4v) is 4.62. The van der Waals surface area contributed by atoms with Crippen molar-refractivity contribution < 1.29 is 4.74 Å². The molecule has 0 atom stereocenters. The van der Waals surface area contributed by atoms with E-state index in [0.29, 0.717) is 11.0 Å². The Balaban J connectivity index is 1.69. The van der Waals surface area contributed by atoms with Crippen molar-refractivity contribution in [3.05, 3.63) is 53.9 Å². The predicted octanol–water partition coefficient (Wildman–Crippen LogP) is 6.71. The molecule has 0 unspecified atom stereocenters.